The first-order chi connectivity index (χ1) is 10.7. The molecule has 0 radical (unpaired) electrons. The maximum Gasteiger partial charge on any atom is 0.326 e. The van der Waals surface area contributed by atoms with E-state index in [1.807, 2.05) is 6.07 Å². The van der Waals surface area contributed by atoms with Gasteiger partial charge in [-0.05, 0) is 25.1 Å². The molecule has 0 spiro atoms. The molecular formula is C16H19ClN2O3S. The highest BCUT2D eigenvalue weighted by molar-refractivity contribution is 7.16. The number of carbonyl (C=O) groups excluding carboxylic acids is 2. The predicted molar refractivity (Wildman–Crippen MR) is 91.5 cm³/mol. The van der Waals surface area contributed by atoms with Crippen LogP contribution in [0.25, 0.3) is 10.2 Å². The fraction of sp³-hybridized carbons (Fsp3) is 0.438. The zero-order chi connectivity index (χ0) is 17.2. The van der Waals surface area contributed by atoms with Gasteiger partial charge in [0.15, 0.2) is 4.80 Å². The molecule has 0 unspecified atom stereocenters. The van der Waals surface area contributed by atoms with Crippen molar-refractivity contribution < 1.29 is 14.3 Å². The number of esters is 1. The molecule has 0 N–H and O–H groups in total. The number of hydrogen-bond acceptors (Lipinski definition) is 4. The minimum absolute atomic E-state index is 0.00568. The summed E-state index contributed by atoms with van der Waals surface area (Å²) < 4.78 is 7.56. The maximum atomic E-state index is 12.2. The SMILES string of the molecule is CCOC(=O)Cn1c(=NC(=O)C(C)(C)C)sc2cc(Cl)ccc21. The Hall–Kier alpha value is -1.66. The number of carbonyl (C=O) groups is 2. The summed E-state index contributed by atoms with van der Waals surface area (Å²) >= 11 is 7.35. The highest BCUT2D eigenvalue weighted by atomic mass is 35.5. The fourth-order valence-corrected chi connectivity index (χ4v) is 3.18. The van der Waals surface area contributed by atoms with Gasteiger partial charge in [0.25, 0.3) is 5.91 Å². The quantitative estimate of drug-likeness (QED) is 0.794. The first-order valence-corrected chi connectivity index (χ1v) is 8.45. The molecule has 0 saturated carbocycles. The second-order valence-corrected chi connectivity index (χ2v) is 7.50. The normalized spacial score (nSPS) is 12.7. The Balaban J connectivity index is 2.60. The van der Waals surface area contributed by atoms with Crippen molar-refractivity contribution in [3.63, 3.8) is 0 Å². The smallest absolute Gasteiger partial charge is 0.326 e. The summed E-state index contributed by atoms with van der Waals surface area (Å²) in [5.74, 6) is -0.612. The lowest BCUT2D eigenvalue weighted by atomic mass is 9.96. The van der Waals surface area contributed by atoms with Gasteiger partial charge in [0, 0.05) is 10.4 Å². The van der Waals surface area contributed by atoms with E-state index < -0.39 is 5.41 Å². The number of thiazole rings is 1. The van der Waals surface area contributed by atoms with Crippen molar-refractivity contribution in [2.45, 2.75) is 34.2 Å². The third-order valence-electron chi connectivity index (χ3n) is 3.08. The zero-order valence-electron chi connectivity index (χ0n) is 13.6. The lowest BCUT2D eigenvalue weighted by molar-refractivity contribution is -0.143. The topological polar surface area (TPSA) is 60.7 Å². The van der Waals surface area contributed by atoms with E-state index in [4.69, 9.17) is 16.3 Å². The number of benzene rings is 1. The van der Waals surface area contributed by atoms with Gasteiger partial charge in [-0.15, -0.1) is 0 Å². The number of rotatable bonds is 3. The van der Waals surface area contributed by atoms with Crippen LogP contribution in [0.4, 0.5) is 0 Å². The van der Waals surface area contributed by atoms with Crippen molar-refractivity contribution in [2.75, 3.05) is 6.61 Å². The van der Waals surface area contributed by atoms with Gasteiger partial charge in [-0.25, -0.2) is 0 Å². The van der Waals surface area contributed by atoms with Gasteiger partial charge < -0.3 is 9.30 Å². The second-order valence-electron chi connectivity index (χ2n) is 6.05. The van der Waals surface area contributed by atoms with Crippen LogP contribution >= 0.6 is 22.9 Å². The van der Waals surface area contributed by atoms with Crippen molar-refractivity contribution in [1.29, 1.82) is 0 Å². The maximum absolute atomic E-state index is 12.2. The molecular weight excluding hydrogens is 336 g/mol. The molecule has 5 nitrogen and oxygen atoms in total. The van der Waals surface area contributed by atoms with E-state index >= 15 is 0 Å². The Kier molecular flexibility index (Phi) is 5.26. The van der Waals surface area contributed by atoms with Crippen LogP contribution in [-0.2, 0) is 20.9 Å². The van der Waals surface area contributed by atoms with Crippen LogP contribution in [0.5, 0.6) is 0 Å². The van der Waals surface area contributed by atoms with E-state index in [0.29, 0.717) is 16.4 Å². The second kappa shape index (κ2) is 6.84. The van der Waals surface area contributed by atoms with Gasteiger partial charge in [0.05, 0.1) is 16.8 Å². The number of hydrogen-bond donors (Lipinski definition) is 0. The molecule has 7 heteroatoms. The van der Waals surface area contributed by atoms with E-state index in [2.05, 4.69) is 4.99 Å². The number of amides is 1. The van der Waals surface area contributed by atoms with E-state index in [9.17, 15) is 9.59 Å². The van der Waals surface area contributed by atoms with Gasteiger partial charge in [-0.2, -0.15) is 4.99 Å². The first kappa shape index (κ1) is 17.7. The van der Waals surface area contributed by atoms with Crippen LogP contribution in [0, 0.1) is 5.41 Å². The van der Waals surface area contributed by atoms with E-state index in [-0.39, 0.29) is 18.4 Å². The van der Waals surface area contributed by atoms with Crippen molar-refractivity contribution in [1.82, 2.24) is 4.57 Å². The molecule has 1 heterocycles. The minimum atomic E-state index is -0.588. The standard InChI is InChI=1S/C16H19ClN2O3S/c1-5-22-13(20)9-19-11-7-6-10(17)8-12(11)23-15(19)18-14(21)16(2,3)4/h6-8H,5,9H2,1-4H3. The molecule has 0 aliphatic heterocycles. The van der Waals surface area contributed by atoms with Crippen molar-refractivity contribution in [3.05, 3.63) is 28.0 Å². The summed E-state index contributed by atoms with van der Waals surface area (Å²) in [6.07, 6.45) is 0. The first-order valence-electron chi connectivity index (χ1n) is 7.26. The number of fused-ring (bicyclic) bond motifs is 1. The monoisotopic (exact) mass is 354 g/mol. The summed E-state index contributed by atoms with van der Waals surface area (Å²) in [5.41, 5.74) is 0.211. The van der Waals surface area contributed by atoms with Crippen molar-refractivity contribution >= 4 is 45.0 Å². The van der Waals surface area contributed by atoms with E-state index in [1.54, 1.807) is 44.4 Å². The number of ether oxygens (including phenoxy) is 1. The van der Waals surface area contributed by atoms with Crippen molar-refractivity contribution in [3.8, 4) is 0 Å². The van der Waals surface area contributed by atoms with Gasteiger partial charge >= 0.3 is 5.97 Å². The van der Waals surface area contributed by atoms with Gasteiger partial charge in [-0.3, -0.25) is 9.59 Å². The van der Waals surface area contributed by atoms with Crippen LogP contribution in [0.3, 0.4) is 0 Å². The van der Waals surface area contributed by atoms with Crippen LogP contribution in [0.2, 0.25) is 5.02 Å². The van der Waals surface area contributed by atoms with E-state index in [0.717, 1.165) is 10.2 Å². The molecule has 0 saturated heterocycles. The third kappa shape index (κ3) is 4.20. The Labute approximate surface area is 143 Å². The van der Waals surface area contributed by atoms with Crippen LogP contribution in [0.15, 0.2) is 23.2 Å². The Morgan fingerprint density at radius 3 is 2.65 bits per heavy atom. The molecule has 2 rings (SSSR count). The summed E-state index contributed by atoms with van der Waals surface area (Å²) in [7, 11) is 0. The van der Waals surface area contributed by atoms with Gasteiger partial charge in [0.2, 0.25) is 0 Å². The zero-order valence-corrected chi connectivity index (χ0v) is 15.1. The lowest BCUT2D eigenvalue weighted by Crippen LogP contribution is -2.26. The number of nitrogens with zero attached hydrogens (tertiary/aromatic N) is 2. The van der Waals surface area contributed by atoms with Gasteiger partial charge in [-0.1, -0.05) is 43.7 Å². The molecule has 1 aromatic heterocycles. The molecule has 0 atom stereocenters. The Morgan fingerprint density at radius 2 is 2.04 bits per heavy atom. The predicted octanol–water partition coefficient (Wildman–Crippen LogP) is 3.39. The molecule has 0 aliphatic carbocycles. The molecule has 124 valence electrons. The fourth-order valence-electron chi connectivity index (χ4n) is 1.88. The average molecular weight is 355 g/mol. The molecule has 0 fully saturated rings. The van der Waals surface area contributed by atoms with Gasteiger partial charge in [0.1, 0.15) is 6.54 Å². The molecule has 1 amide bonds. The largest absolute Gasteiger partial charge is 0.465 e. The molecule has 2 aromatic rings. The van der Waals surface area contributed by atoms with Crippen molar-refractivity contribution in [2.24, 2.45) is 10.4 Å². The summed E-state index contributed by atoms with van der Waals surface area (Å²) in [6, 6.07) is 5.35. The average Bonchev–Trinajstić information content (AvgIpc) is 2.75. The number of aromatic nitrogens is 1. The minimum Gasteiger partial charge on any atom is -0.465 e. The Bertz CT molecular complexity index is 815. The number of halogens is 1. The summed E-state index contributed by atoms with van der Waals surface area (Å²) in [5, 5.41) is 0.593. The van der Waals surface area contributed by atoms with Crippen LogP contribution in [0.1, 0.15) is 27.7 Å². The van der Waals surface area contributed by atoms with Crippen LogP contribution < -0.4 is 4.80 Å². The molecule has 0 aliphatic rings. The molecule has 1 aromatic carbocycles. The third-order valence-corrected chi connectivity index (χ3v) is 4.35. The van der Waals surface area contributed by atoms with Crippen LogP contribution in [-0.4, -0.2) is 23.1 Å². The van der Waals surface area contributed by atoms with E-state index in [1.165, 1.54) is 11.3 Å². The lowest BCUT2D eigenvalue weighted by Gasteiger charge is -2.12. The summed E-state index contributed by atoms with van der Waals surface area (Å²) in [4.78, 5) is 28.8. The highest BCUT2D eigenvalue weighted by Gasteiger charge is 2.21. The Morgan fingerprint density at radius 1 is 1.35 bits per heavy atom. The molecule has 23 heavy (non-hydrogen) atoms. The molecule has 0 bridgehead atoms. The highest BCUT2D eigenvalue weighted by Crippen LogP contribution is 2.22. The summed E-state index contributed by atoms with van der Waals surface area (Å²) in [6.45, 7) is 7.48.